The summed E-state index contributed by atoms with van der Waals surface area (Å²) in [7, 11) is 1.44. The number of nitrogens with one attached hydrogen (secondary N) is 1. The molecule has 0 aromatic heterocycles. The standard InChI is InChI=1S/C49H62N4O12/c1-26-14-13-15-27(2)48(61)51-39-34(24-50-53-21-19-52(20-22-53)25-33-16-11-10-12-17-33)43(58)36-37(44(39)59)42(57)31(6)46-38(36)47(60)49(8,65-46)63-23-18-35(62-9)28(3)45(64-32(7)54)30(5)41(56)29(4)40(26)55/h10-18,23-24,26,28-30,35,40-41,45,55-59H,19-22,25H2,1-9H3,(H,51,61)/t26-,28+,29-,30-,35+,40-,41-,45-,49-/m0/s1. The number of rotatable bonds is 6. The topological polar surface area (TPSA) is 220 Å². The average Bonchev–Trinajstić information content (AvgIpc) is 3.55. The summed E-state index contributed by atoms with van der Waals surface area (Å²) >= 11 is 0. The summed E-state index contributed by atoms with van der Waals surface area (Å²) in [4.78, 5) is 43.1. The first kappa shape index (κ1) is 48.5. The number of phenolic OH excluding ortho intramolecular Hbond substituents is 3. The van der Waals surface area contributed by atoms with E-state index in [4.69, 9.17) is 18.9 Å². The second-order valence-corrected chi connectivity index (χ2v) is 17.6. The van der Waals surface area contributed by atoms with Gasteiger partial charge in [-0.2, -0.15) is 5.10 Å². The number of aliphatic hydroxyl groups is 2. The molecule has 0 radical (unpaired) electrons. The lowest BCUT2D eigenvalue weighted by Crippen LogP contribution is -2.46. The van der Waals surface area contributed by atoms with Crippen molar-refractivity contribution < 1.29 is 58.9 Å². The van der Waals surface area contributed by atoms with Gasteiger partial charge >= 0.3 is 11.8 Å². The summed E-state index contributed by atoms with van der Waals surface area (Å²) in [5, 5.41) is 67.5. The fraction of sp³-hybridized carbons (Fsp3) is 0.469. The van der Waals surface area contributed by atoms with Crippen molar-refractivity contribution in [1.82, 2.24) is 9.91 Å². The zero-order valence-corrected chi connectivity index (χ0v) is 38.4. The Hall–Kier alpha value is -5.94. The van der Waals surface area contributed by atoms with Crippen LogP contribution in [0.5, 0.6) is 23.0 Å². The van der Waals surface area contributed by atoms with Crippen molar-refractivity contribution in [2.75, 3.05) is 38.6 Å². The highest BCUT2D eigenvalue weighted by Gasteiger charge is 2.50. The van der Waals surface area contributed by atoms with Gasteiger partial charge in [-0.25, -0.2) is 0 Å². The minimum Gasteiger partial charge on any atom is -0.507 e. The number of hydrazone groups is 1. The van der Waals surface area contributed by atoms with Crippen molar-refractivity contribution in [1.29, 1.82) is 0 Å². The monoisotopic (exact) mass is 898 g/mol. The Morgan fingerprint density at radius 1 is 0.923 bits per heavy atom. The highest BCUT2D eigenvalue weighted by molar-refractivity contribution is 6.23. The first-order valence-electron chi connectivity index (χ1n) is 21.9. The molecule has 4 heterocycles. The number of hydrogen-bond acceptors (Lipinski definition) is 15. The number of aliphatic hydroxyl groups excluding tert-OH is 2. The van der Waals surface area contributed by atoms with Crippen molar-refractivity contribution in [2.24, 2.45) is 28.8 Å². The van der Waals surface area contributed by atoms with E-state index in [9.17, 15) is 39.9 Å². The average molecular weight is 899 g/mol. The lowest BCUT2D eigenvalue weighted by molar-refractivity contribution is -0.160. The smallest absolute Gasteiger partial charge is 0.312 e. The van der Waals surface area contributed by atoms with E-state index in [0.717, 1.165) is 6.54 Å². The number of piperazine rings is 1. The molecule has 1 saturated heterocycles. The van der Waals surface area contributed by atoms with Crippen LogP contribution >= 0.6 is 0 Å². The molecule has 6 N–H and O–H groups in total. The van der Waals surface area contributed by atoms with E-state index in [0.29, 0.717) is 26.2 Å². The Labute approximate surface area is 379 Å². The maximum atomic E-state index is 14.6. The second kappa shape index (κ2) is 20.1. The molecule has 4 aliphatic rings. The second-order valence-electron chi connectivity index (χ2n) is 17.6. The molecule has 1 amide bonds. The first-order chi connectivity index (χ1) is 30.8. The molecule has 1 fully saturated rings. The largest absolute Gasteiger partial charge is 0.507 e. The molecule has 4 aliphatic heterocycles. The third-order valence-corrected chi connectivity index (χ3v) is 13.0. The summed E-state index contributed by atoms with van der Waals surface area (Å²) < 4.78 is 23.7. The van der Waals surface area contributed by atoms with Crippen molar-refractivity contribution in [3.05, 3.63) is 88.7 Å². The number of allylic oxidation sites excluding steroid dienone is 2. The van der Waals surface area contributed by atoms with Gasteiger partial charge in [0.15, 0.2) is 5.75 Å². The summed E-state index contributed by atoms with van der Waals surface area (Å²) in [6.07, 6.45) is 4.87. The Morgan fingerprint density at radius 3 is 2.25 bits per heavy atom. The van der Waals surface area contributed by atoms with Gasteiger partial charge in [0.05, 0.1) is 53.0 Å². The molecule has 3 aromatic carbocycles. The van der Waals surface area contributed by atoms with Crippen LogP contribution in [0.1, 0.15) is 75.5 Å². The number of esters is 1. The van der Waals surface area contributed by atoms with Crippen molar-refractivity contribution in [2.45, 2.75) is 92.1 Å². The number of aromatic hydroxyl groups is 3. The van der Waals surface area contributed by atoms with E-state index in [1.54, 1.807) is 44.9 Å². The van der Waals surface area contributed by atoms with Crippen LogP contribution in [0.15, 0.2) is 71.6 Å². The first-order valence-corrected chi connectivity index (χ1v) is 21.9. The van der Waals surface area contributed by atoms with E-state index >= 15 is 0 Å². The van der Waals surface area contributed by atoms with Crippen LogP contribution in [-0.2, 0) is 30.3 Å². The fourth-order valence-corrected chi connectivity index (χ4v) is 8.86. The maximum Gasteiger partial charge on any atom is 0.312 e. The SMILES string of the molecule is CO[C@@H]1C=CO[C@@]2(C)Oc3c(C)c(O)c4c(O)c(c(C=NN5CCN(Cc6ccccc6)CC5)c(O)c4c3C2=O)NC(=O)C(C)=CC=C[C@H](C)[C@H](O)[C@H](C)[C@H](O)[C@H](C)[C@@H](OC(C)=O)[C@@H]1C. The third kappa shape index (κ3) is 10.0. The molecule has 9 atom stereocenters. The Bertz CT molecular complexity index is 2390. The highest BCUT2D eigenvalue weighted by atomic mass is 16.7. The number of carbonyl (C=O) groups excluding carboxylic acids is 3. The molecule has 0 saturated carbocycles. The van der Waals surface area contributed by atoms with Crippen LogP contribution < -0.4 is 10.1 Å². The van der Waals surface area contributed by atoms with Crippen molar-refractivity contribution >= 4 is 40.3 Å². The normalized spacial score (nSPS) is 28.4. The number of methoxy groups -OCH3 is 1. The molecule has 16 heteroatoms. The number of amides is 1. The van der Waals surface area contributed by atoms with E-state index in [-0.39, 0.29) is 44.5 Å². The van der Waals surface area contributed by atoms with E-state index in [1.165, 1.54) is 65.0 Å². The number of ketones is 1. The summed E-state index contributed by atoms with van der Waals surface area (Å²) in [5.74, 6) is -8.42. The summed E-state index contributed by atoms with van der Waals surface area (Å²) in [5.41, 5.74) is 0.808. The number of Topliss-reactive ketones (excluding diaryl/α,β-unsaturated/α-hetero) is 1. The van der Waals surface area contributed by atoms with Gasteiger partial charge in [-0.1, -0.05) is 76.3 Å². The lowest BCUT2D eigenvalue weighted by atomic mass is 9.78. The van der Waals surface area contributed by atoms with Gasteiger partial charge in [-0.3, -0.25) is 24.3 Å². The predicted molar refractivity (Wildman–Crippen MR) is 245 cm³/mol. The lowest BCUT2D eigenvalue weighted by Gasteiger charge is -2.38. The number of phenols is 3. The van der Waals surface area contributed by atoms with E-state index in [1.807, 2.05) is 18.2 Å². The number of ether oxygens (including phenoxy) is 4. The van der Waals surface area contributed by atoms with Gasteiger partial charge in [-0.05, 0) is 25.5 Å². The molecule has 0 spiro atoms. The third-order valence-electron chi connectivity index (χ3n) is 13.0. The fourth-order valence-electron chi connectivity index (χ4n) is 8.86. The molecule has 0 unspecified atom stereocenters. The van der Waals surface area contributed by atoms with Gasteiger partial charge in [0.1, 0.15) is 23.4 Å². The van der Waals surface area contributed by atoms with Crippen LogP contribution in [0.3, 0.4) is 0 Å². The number of nitrogens with zero attached hydrogens (tertiary/aromatic N) is 3. The highest BCUT2D eigenvalue weighted by Crippen LogP contribution is 2.55. The Morgan fingerprint density at radius 2 is 1.60 bits per heavy atom. The molecular weight excluding hydrogens is 837 g/mol. The number of anilines is 1. The van der Waals surface area contributed by atoms with Crippen LogP contribution in [0.2, 0.25) is 0 Å². The molecular formula is C49H62N4O12. The quantitative estimate of drug-likeness (QED) is 0.0734. The van der Waals surface area contributed by atoms with Crippen LogP contribution in [-0.4, -0.2) is 123 Å². The van der Waals surface area contributed by atoms with Crippen molar-refractivity contribution in [3.8, 4) is 23.0 Å². The molecule has 65 heavy (non-hydrogen) atoms. The zero-order valence-electron chi connectivity index (χ0n) is 38.4. The summed E-state index contributed by atoms with van der Waals surface area (Å²) in [6.45, 7) is 15.8. The van der Waals surface area contributed by atoms with E-state index < -0.39 is 88.8 Å². The molecule has 3 aromatic rings. The van der Waals surface area contributed by atoms with Gasteiger partial charge in [0, 0.05) is 93.9 Å². The molecule has 7 rings (SSSR count). The van der Waals surface area contributed by atoms with Gasteiger partial charge < -0.3 is 49.8 Å². The predicted octanol–water partition coefficient (Wildman–Crippen LogP) is 5.91. The Balaban J connectivity index is 1.46. The summed E-state index contributed by atoms with van der Waals surface area (Å²) in [6, 6.07) is 10.1. The minimum absolute atomic E-state index is 0.0522. The van der Waals surface area contributed by atoms with Crippen LogP contribution in [0.4, 0.5) is 5.69 Å². The Kier molecular flexibility index (Phi) is 15.0. The molecule has 16 nitrogen and oxygen atoms in total. The minimum atomic E-state index is -2.06. The number of benzene rings is 3. The zero-order chi connectivity index (χ0) is 47.5. The number of carbonyl (C=O) groups is 3. The molecule has 350 valence electrons. The van der Waals surface area contributed by atoms with Gasteiger partial charge in [0.25, 0.3) is 11.7 Å². The number of hydrogen-bond donors (Lipinski definition) is 6. The number of fused-ring (bicyclic) bond motifs is 14. The molecule has 0 aliphatic carbocycles. The van der Waals surface area contributed by atoms with Gasteiger partial charge in [0.2, 0.25) is 0 Å². The van der Waals surface area contributed by atoms with Crippen LogP contribution in [0.25, 0.3) is 10.8 Å². The molecule has 5 bridgehead atoms. The van der Waals surface area contributed by atoms with Gasteiger partial charge in [-0.15, -0.1) is 0 Å². The maximum absolute atomic E-state index is 14.6. The van der Waals surface area contributed by atoms with E-state index in [2.05, 4.69) is 27.5 Å². The van der Waals surface area contributed by atoms with Crippen molar-refractivity contribution in [3.63, 3.8) is 0 Å². The van der Waals surface area contributed by atoms with Crippen LogP contribution in [0, 0.1) is 30.6 Å².